The van der Waals surface area contributed by atoms with Gasteiger partial charge in [0.1, 0.15) is 0 Å². The molecule has 0 atom stereocenters. The molecule has 2 aromatic carbocycles. The standard InChI is InChI=1S/C16H11ClN4O2S2/c17-13-5-1-12(2-6-13)10-24-16-20-19-15(25-16)18-9-11-3-7-14(8-4-11)21(22)23/h1-9H,10H2/b18-9+. The monoisotopic (exact) mass is 390 g/mol. The van der Waals surface area contributed by atoms with Crippen molar-refractivity contribution in [3.05, 3.63) is 74.8 Å². The molecule has 6 nitrogen and oxygen atoms in total. The van der Waals surface area contributed by atoms with Gasteiger partial charge in [-0.05, 0) is 35.4 Å². The summed E-state index contributed by atoms with van der Waals surface area (Å²) in [4.78, 5) is 14.4. The molecular weight excluding hydrogens is 380 g/mol. The number of nitrogens with zero attached hydrogens (tertiary/aromatic N) is 4. The van der Waals surface area contributed by atoms with Crippen LogP contribution in [-0.2, 0) is 5.75 Å². The number of non-ortho nitro benzene ring substituents is 1. The van der Waals surface area contributed by atoms with Gasteiger partial charge in [0.05, 0.1) is 4.92 Å². The fourth-order valence-electron chi connectivity index (χ4n) is 1.85. The zero-order chi connectivity index (χ0) is 17.6. The minimum atomic E-state index is -0.435. The van der Waals surface area contributed by atoms with Gasteiger partial charge in [0.25, 0.3) is 5.69 Å². The van der Waals surface area contributed by atoms with Gasteiger partial charge in [0.15, 0.2) is 4.34 Å². The molecule has 0 N–H and O–H groups in total. The van der Waals surface area contributed by atoms with E-state index in [1.165, 1.54) is 23.5 Å². The third-order valence-corrected chi connectivity index (χ3v) is 5.39. The van der Waals surface area contributed by atoms with Gasteiger partial charge in [-0.2, -0.15) is 0 Å². The van der Waals surface area contributed by atoms with E-state index in [4.69, 9.17) is 11.6 Å². The highest BCUT2D eigenvalue weighted by Gasteiger charge is 2.05. The molecule has 3 rings (SSSR count). The zero-order valence-electron chi connectivity index (χ0n) is 12.7. The van der Waals surface area contributed by atoms with Crippen LogP contribution in [0.15, 0.2) is 57.9 Å². The van der Waals surface area contributed by atoms with E-state index in [1.807, 2.05) is 24.3 Å². The van der Waals surface area contributed by atoms with Crippen LogP contribution in [0.25, 0.3) is 0 Å². The second kappa shape index (κ2) is 8.19. The maximum atomic E-state index is 10.6. The molecule has 1 aromatic heterocycles. The Morgan fingerprint density at radius 1 is 1.16 bits per heavy atom. The zero-order valence-corrected chi connectivity index (χ0v) is 15.1. The van der Waals surface area contributed by atoms with Crippen molar-refractivity contribution >= 4 is 51.7 Å². The average Bonchev–Trinajstić information content (AvgIpc) is 3.08. The van der Waals surface area contributed by atoms with Gasteiger partial charge in [0.2, 0.25) is 5.13 Å². The van der Waals surface area contributed by atoms with Crippen molar-refractivity contribution in [1.29, 1.82) is 0 Å². The molecule has 0 unspecified atom stereocenters. The minimum absolute atomic E-state index is 0.0500. The van der Waals surface area contributed by atoms with Crippen molar-refractivity contribution in [3.63, 3.8) is 0 Å². The number of halogens is 1. The van der Waals surface area contributed by atoms with Gasteiger partial charge in [-0.25, -0.2) is 4.99 Å². The second-order valence-electron chi connectivity index (χ2n) is 4.87. The molecule has 0 saturated carbocycles. The van der Waals surface area contributed by atoms with Crippen LogP contribution >= 0.6 is 34.7 Å². The number of thioether (sulfide) groups is 1. The predicted octanol–water partition coefficient (Wildman–Crippen LogP) is 5.14. The van der Waals surface area contributed by atoms with Gasteiger partial charge in [0, 0.05) is 29.1 Å². The lowest BCUT2D eigenvalue weighted by Gasteiger charge is -1.98. The van der Waals surface area contributed by atoms with Gasteiger partial charge in [-0.1, -0.05) is 46.8 Å². The third kappa shape index (κ3) is 5.09. The van der Waals surface area contributed by atoms with Crippen molar-refractivity contribution in [3.8, 4) is 0 Å². The smallest absolute Gasteiger partial charge is 0.258 e. The van der Waals surface area contributed by atoms with Crippen molar-refractivity contribution in [2.45, 2.75) is 10.1 Å². The molecule has 3 aromatic rings. The van der Waals surface area contributed by atoms with E-state index >= 15 is 0 Å². The summed E-state index contributed by atoms with van der Waals surface area (Å²) >= 11 is 8.84. The van der Waals surface area contributed by atoms with Crippen molar-refractivity contribution in [2.24, 2.45) is 4.99 Å². The molecule has 126 valence electrons. The number of rotatable bonds is 6. The summed E-state index contributed by atoms with van der Waals surface area (Å²) in [6.07, 6.45) is 1.61. The van der Waals surface area contributed by atoms with Crippen LogP contribution in [0, 0.1) is 10.1 Å². The van der Waals surface area contributed by atoms with Crippen molar-refractivity contribution in [1.82, 2.24) is 10.2 Å². The molecular formula is C16H11ClN4O2S2. The van der Waals surface area contributed by atoms with Gasteiger partial charge >= 0.3 is 0 Å². The number of aliphatic imine (C=N–C) groups is 1. The summed E-state index contributed by atoms with van der Waals surface area (Å²) in [5.74, 6) is 0.776. The van der Waals surface area contributed by atoms with Crippen molar-refractivity contribution < 1.29 is 4.92 Å². The van der Waals surface area contributed by atoms with Gasteiger partial charge < -0.3 is 0 Å². The molecule has 0 radical (unpaired) electrons. The molecule has 1 heterocycles. The van der Waals surface area contributed by atoms with E-state index in [9.17, 15) is 10.1 Å². The molecule has 0 saturated heterocycles. The first-order valence-corrected chi connectivity index (χ1v) is 9.27. The summed E-state index contributed by atoms with van der Waals surface area (Å²) in [5.41, 5.74) is 1.96. The number of hydrogen-bond donors (Lipinski definition) is 0. The Balaban J connectivity index is 1.59. The fraction of sp³-hybridized carbons (Fsp3) is 0.0625. The Morgan fingerprint density at radius 2 is 1.88 bits per heavy atom. The Hall–Kier alpha value is -2.29. The summed E-state index contributed by atoms with van der Waals surface area (Å²) in [5, 5.41) is 20.0. The van der Waals surface area contributed by atoms with Crippen LogP contribution in [-0.4, -0.2) is 21.3 Å². The van der Waals surface area contributed by atoms with Crippen LogP contribution in [0.4, 0.5) is 10.8 Å². The molecule has 9 heteroatoms. The summed E-state index contributed by atoms with van der Waals surface area (Å²) < 4.78 is 0.825. The van der Waals surface area contributed by atoms with Crippen LogP contribution in [0.3, 0.4) is 0 Å². The molecule has 25 heavy (non-hydrogen) atoms. The maximum absolute atomic E-state index is 10.6. The molecule has 0 fully saturated rings. The summed E-state index contributed by atoms with van der Waals surface area (Å²) in [6.45, 7) is 0. The molecule has 0 bridgehead atoms. The molecule has 0 aliphatic rings. The largest absolute Gasteiger partial charge is 0.269 e. The van der Waals surface area contributed by atoms with E-state index in [2.05, 4.69) is 15.2 Å². The molecule has 0 amide bonds. The first-order valence-electron chi connectivity index (χ1n) is 7.09. The topological polar surface area (TPSA) is 81.3 Å². The molecule has 0 aliphatic carbocycles. The quantitative estimate of drug-likeness (QED) is 0.252. The van der Waals surface area contributed by atoms with Gasteiger partial charge in [-0.15, -0.1) is 10.2 Å². The SMILES string of the molecule is O=[N+]([O-])c1ccc(/C=N/c2nnc(SCc3ccc(Cl)cc3)s2)cc1. The lowest BCUT2D eigenvalue weighted by Crippen LogP contribution is -1.88. The number of hydrogen-bond acceptors (Lipinski definition) is 7. The Bertz CT molecular complexity index is 895. The van der Waals surface area contributed by atoms with E-state index in [0.717, 1.165) is 21.2 Å². The van der Waals surface area contributed by atoms with Gasteiger partial charge in [-0.3, -0.25) is 10.1 Å². The maximum Gasteiger partial charge on any atom is 0.269 e. The highest BCUT2D eigenvalue weighted by atomic mass is 35.5. The second-order valence-corrected chi connectivity index (χ2v) is 7.49. The van der Waals surface area contributed by atoms with E-state index < -0.39 is 4.92 Å². The first kappa shape index (κ1) is 17.5. The molecule has 0 spiro atoms. The summed E-state index contributed by atoms with van der Waals surface area (Å²) in [7, 11) is 0. The predicted molar refractivity (Wildman–Crippen MR) is 101 cm³/mol. The number of benzene rings is 2. The highest BCUT2D eigenvalue weighted by Crippen LogP contribution is 2.30. The van der Waals surface area contributed by atoms with E-state index in [1.54, 1.807) is 30.1 Å². The van der Waals surface area contributed by atoms with E-state index in [-0.39, 0.29) is 5.69 Å². The number of nitro groups is 1. The lowest BCUT2D eigenvalue weighted by atomic mass is 10.2. The normalized spacial score (nSPS) is 11.1. The number of aromatic nitrogens is 2. The minimum Gasteiger partial charge on any atom is -0.258 e. The van der Waals surface area contributed by atoms with Crippen LogP contribution < -0.4 is 0 Å². The Morgan fingerprint density at radius 3 is 2.56 bits per heavy atom. The van der Waals surface area contributed by atoms with E-state index in [0.29, 0.717) is 10.2 Å². The summed E-state index contributed by atoms with van der Waals surface area (Å²) in [6, 6.07) is 13.8. The highest BCUT2D eigenvalue weighted by molar-refractivity contribution is 8.00. The van der Waals surface area contributed by atoms with Crippen LogP contribution in [0.2, 0.25) is 5.02 Å². The Labute approximate surface area is 156 Å². The Kier molecular flexibility index (Phi) is 5.75. The van der Waals surface area contributed by atoms with Crippen LogP contribution in [0.1, 0.15) is 11.1 Å². The van der Waals surface area contributed by atoms with Crippen molar-refractivity contribution in [2.75, 3.05) is 0 Å². The molecule has 0 aliphatic heterocycles. The first-order chi connectivity index (χ1) is 12.1. The fourth-order valence-corrected chi connectivity index (χ4v) is 3.62. The average molecular weight is 391 g/mol. The third-order valence-electron chi connectivity index (χ3n) is 3.10. The van der Waals surface area contributed by atoms with Crippen LogP contribution in [0.5, 0.6) is 0 Å². The lowest BCUT2D eigenvalue weighted by molar-refractivity contribution is -0.384. The number of nitro benzene ring substituents is 1.